The Kier molecular flexibility index (Phi) is 8.35. The zero-order valence-corrected chi connectivity index (χ0v) is 28.4. The molecule has 7 rings (SSSR count). The Labute approximate surface area is 290 Å². The number of halogens is 5. The van der Waals surface area contributed by atoms with Gasteiger partial charge in [-0.1, -0.05) is 29.8 Å². The van der Waals surface area contributed by atoms with Gasteiger partial charge in [-0.3, -0.25) is 9.13 Å². The third-order valence-corrected chi connectivity index (χ3v) is 9.29. The fourth-order valence-electron chi connectivity index (χ4n) is 5.96. The predicted octanol–water partition coefficient (Wildman–Crippen LogP) is 8.13. The molecule has 9 nitrogen and oxygen atoms in total. The first kappa shape index (κ1) is 32.7. The molecule has 1 aliphatic rings. The fourth-order valence-corrected chi connectivity index (χ4v) is 6.62. The highest BCUT2D eigenvalue weighted by Crippen LogP contribution is 2.42. The Balaban J connectivity index is 1.32. The van der Waals surface area contributed by atoms with Crippen molar-refractivity contribution in [3.63, 3.8) is 0 Å². The molecule has 6 aromatic rings. The summed E-state index contributed by atoms with van der Waals surface area (Å²) in [6.45, 7) is -1.55. The summed E-state index contributed by atoms with van der Waals surface area (Å²) in [7, 11) is 3.29. The van der Waals surface area contributed by atoms with Crippen LogP contribution in [-0.2, 0) is 0 Å². The minimum absolute atomic E-state index is 0.0431. The SMILES string of the molecule is CNc1nc(=O)n(-c2ccc(N(C)c3nc(=O)n(-c4ccccc4Br)c4cc(C5CC5)ccc34)cc2)c2cc(Cl)cc(OCC(F)(F)F)c12. The van der Waals surface area contributed by atoms with E-state index in [2.05, 4.69) is 43.3 Å². The van der Waals surface area contributed by atoms with Gasteiger partial charge in [-0.2, -0.15) is 23.1 Å². The van der Waals surface area contributed by atoms with E-state index in [9.17, 15) is 22.8 Å². The standard InChI is InChI=1S/C35H27BrClF3N6O3/c1-41-31-30-28(16-21(37)17-29(30)49-18-35(38,39)40)45(33(47)42-31)23-12-10-22(11-13-23)44(2)32-24-14-9-20(19-7-8-19)15-27(24)46(34(48)43-32)26-6-4-3-5-25(26)36/h3-6,9-17,19H,7-8,18H2,1-2H3,(H,41,42,47). The number of rotatable bonds is 8. The minimum Gasteiger partial charge on any atom is -0.483 e. The van der Waals surface area contributed by atoms with Crippen LogP contribution in [0.5, 0.6) is 5.75 Å². The van der Waals surface area contributed by atoms with Gasteiger partial charge < -0.3 is 15.0 Å². The third kappa shape index (κ3) is 6.24. The lowest BCUT2D eigenvalue weighted by Crippen LogP contribution is -2.26. The van der Waals surface area contributed by atoms with Gasteiger partial charge in [0.15, 0.2) is 6.61 Å². The smallest absolute Gasteiger partial charge is 0.422 e. The Morgan fingerprint density at radius 1 is 0.959 bits per heavy atom. The van der Waals surface area contributed by atoms with Crippen LogP contribution in [0.3, 0.4) is 0 Å². The van der Waals surface area contributed by atoms with Crippen LogP contribution in [0.2, 0.25) is 5.02 Å². The van der Waals surface area contributed by atoms with E-state index < -0.39 is 24.2 Å². The highest BCUT2D eigenvalue weighted by Gasteiger charge is 2.30. The van der Waals surface area contributed by atoms with Crippen molar-refractivity contribution in [2.75, 3.05) is 30.9 Å². The molecule has 0 saturated heterocycles. The first-order chi connectivity index (χ1) is 23.4. The zero-order valence-electron chi connectivity index (χ0n) is 26.1. The van der Waals surface area contributed by atoms with Crippen LogP contribution in [-0.4, -0.2) is 46.0 Å². The molecule has 0 spiro atoms. The van der Waals surface area contributed by atoms with Crippen LogP contribution < -0.4 is 26.3 Å². The molecule has 2 heterocycles. The van der Waals surface area contributed by atoms with E-state index in [0.29, 0.717) is 28.8 Å². The van der Waals surface area contributed by atoms with Crippen LogP contribution >= 0.6 is 27.5 Å². The first-order valence-electron chi connectivity index (χ1n) is 15.2. The van der Waals surface area contributed by atoms with Crippen molar-refractivity contribution in [2.45, 2.75) is 24.9 Å². The monoisotopic (exact) mass is 750 g/mol. The molecule has 49 heavy (non-hydrogen) atoms. The fraction of sp³-hybridized carbons (Fsp3) is 0.200. The molecule has 0 amide bonds. The number of ether oxygens (including phenoxy) is 1. The molecule has 250 valence electrons. The Hall–Kier alpha value is -4.88. The maximum absolute atomic E-state index is 13.7. The first-order valence-corrected chi connectivity index (χ1v) is 16.4. The van der Waals surface area contributed by atoms with Crippen molar-refractivity contribution in [3.8, 4) is 17.1 Å². The highest BCUT2D eigenvalue weighted by molar-refractivity contribution is 9.10. The number of hydrogen-bond donors (Lipinski definition) is 1. The summed E-state index contributed by atoms with van der Waals surface area (Å²) in [5.74, 6) is 0.773. The Morgan fingerprint density at radius 3 is 2.35 bits per heavy atom. The van der Waals surface area contributed by atoms with Gasteiger partial charge in [0.05, 0.1) is 27.8 Å². The van der Waals surface area contributed by atoms with E-state index >= 15 is 0 Å². The number of anilines is 3. The van der Waals surface area contributed by atoms with Crippen molar-refractivity contribution in [2.24, 2.45) is 0 Å². The van der Waals surface area contributed by atoms with Crippen molar-refractivity contribution in [1.82, 2.24) is 19.1 Å². The molecule has 1 fully saturated rings. The van der Waals surface area contributed by atoms with Gasteiger partial charge in [-0.15, -0.1) is 0 Å². The maximum atomic E-state index is 13.7. The molecular formula is C35H27BrClF3N6O3. The van der Waals surface area contributed by atoms with Crippen LogP contribution in [0.15, 0.2) is 92.9 Å². The number of fused-ring (bicyclic) bond motifs is 2. The van der Waals surface area contributed by atoms with Crippen LogP contribution in [0.1, 0.15) is 24.3 Å². The number of nitrogens with one attached hydrogen (secondary N) is 1. The van der Waals surface area contributed by atoms with E-state index in [4.69, 9.17) is 16.3 Å². The number of para-hydroxylation sites is 1. The van der Waals surface area contributed by atoms with E-state index in [-0.39, 0.29) is 27.5 Å². The van der Waals surface area contributed by atoms with Crippen molar-refractivity contribution in [3.05, 3.63) is 115 Å². The lowest BCUT2D eigenvalue weighted by Gasteiger charge is -2.23. The Morgan fingerprint density at radius 2 is 1.67 bits per heavy atom. The molecule has 1 N–H and O–H groups in total. The van der Waals surface area contributed by atoms with Crippen molar-refractivity contribution in [1.29, 1.82) is 0 Å². The lowest BCUT2D eigenvalue weighted by molar-refractivity contribution is -0.153. The summed E-state index contributed by atoms with van der Waals surface area (Å²) in [4.78, 5) is 37.4. The molecule has 0 unspecified atom stereocenters. The number of benzene rings is 4. The van der Waals surface area contributed by atoms with Crippen molar-refractivity contribution >= 4 is 66.7 Å². The quantitative estimate of drug-likeness (QED) is 0.168. The highest BCUT2D eigenvalue weighted by atomic mass is 79.9. The summed E-state index contributed by atoms with van der Waals surface area (Å²) in [5, 5.41) is 3.76. The largest absolute Gasteiger partial charge is 0.483 e. The normalized spacial score (nSPS) is 13.2. The summed E-state index contributed by atoms with van der Waals surface area (Å²) >= 11 is 9.89. The Bertz CT molecular complexity index is 2380. The predicted molar refractivity (Wildman–Crippen MR) is 189 cm³/mol. The molecule has 0 atom stereocenters. The summed E-state index contributed by atoms with van der Waals surface area (Å²) < 4.78 is 47.9. The lowest BCUT2D eigenvalue weighted by atomic mass is 10.1. The van der Waals surface area contributed by atoms with Gasteiger partial charge in [0.25, 0.3) is 0 Å². The molecule has 1 saturated carbocycles. The van der Waals surface area contributed by atoms with E-state index in [1.165, 1.54) is 29.3 Å². The molecule has 0 radical (unpaired) electrons. The van der Waals surface area contributed by atoms with E-state index in [0.717, 1.165) is 28.2 Å². The number of aromatic nitrogens is 4. The van der Waals surface area contributed by atoms with Gasteiger partial charge in [0, 0.05) is 34.7 Å². The minimum atomic E-state index is -4.60. The van der Waals surface area contributed by atoms with Gasteiger partial charge in [0.1, 0.15) is 17.4 Å². The van der Waals surface area contributed by atoms with Crippen LogP contribution in [0, 0.1) is 0 Å². The second kappa shape index (κ2) is 12.5. The molecule has 14 heteroatoms. The molecule has 1 aliphatic carbocycles. The third-order valence-electron chi connectivity index (χ3n) is 8.40. The number of alkyl halides is 3. The molecule has 2 aromatic heterocycles. The second-order valence-electron chi connectivity index (χ2n) is 11.7. The van der Waals surface area contributed by atoms with Crippen LogP contribution in [0.4, 0.5) is 30.5 Å². The van der Waals surface area contributed by atoms with Gasteiger partial charge in [-0.25, -0.2) is 9.59 Å². The number of nitrogens with zero attached hydrogens (tertiary/aromatic N) is 5. The maximum Gasteiger partial charge on any atom is 0.422 e. The summed E-state index contributed by atoms with van der Waals surface area (Å²) in [6.07, 6.45) is -2.38. The topological polar surface area (TPSA) is 94.3 Å². The number of hydrogen-bond acceptors (Lipinski definition) is 7. The van der Waals surface area contributed by atoms with Gasteiger partial charge in [-0.05, 0) is 101 Å². The van der Waals surface area contributed by atoms with E-state index in [1.807, 2.05) is 30.3 Å². The average molecular weight is 752 g/mol. The summed E-state index contributed by atoms with van der Waals surface area (Å²) in [6, 6.07) is 23.2. The zero-order chi connectivity index (χ0) is 34.6. The van der Waals surface area contributed by atoms with Gasteiger partial charge in [0.2, 0.25) is 0 Å². The second-order valence-corrected chi connectivity index (χ2v) is 13.0. The summed E-state index contributed by atoms with van der Waals surface area (Å²) in [5.41, 5.74) is 2.68. The molecular weight excluding hydrogens is 725 g/mol. The molecule has 0 bridgehead atoms. The van der Waals surface area contributed by atoms with E-state index in [1.54, 1.807) is 40.8 Å². The van der Waals surface area contributed by atoms with Gasteiger partial charge >= 0.3 is 17.6 Å². The molecule has 0 aliphatic heterocycles. The average Bonchev–Trinajstić information content (AvgIpc) is 3.92. The van der Waals surface area contributed by atoms with Crippen molar-refractivity contribution < 1.29 is 17.9 Å². The van der Waals surface area contributed by atoms with Crippen LogP contribution in [0.25, 0.3) is 33.2 Å². The molecule has 4 aromatic carbocycles.